The summed E-state index contributed by atoms with van der Waals surface area (Å²) in [6, 6.07) is 10.1. The first-order valence-corrected chi connectivity index (χ1v) is 6.55. The van der Waals surface area contributed by atoms with E-state index in [0.717, 1.165) is 13.1 Å². The van der Waals surface area contributed by atoms with E-state index < -0.39 is 6.10 Å². The third-order valence-electron chi connectivity index (χ3n) is 3.18. The number of hydrogen-bond donors (Lipinski definition) is 0. The molecule has 19 heavy (non-hydrogen) atoms. The van der Waals surface area contributed by atoms with Crippen molar-refractivity contribution in [2.24, 2.45) is 0 Å². The first-order valence-electron chi connectivity index (χ1n) is 6.55. The first-order chi connectivity index (χ1) is 9.15. The maximum absolute atomic E-state index is 11.8. The maximum atomic E-state index is 11.8. The van der Waals surface area contributed by atoms with Crippen LogP contribution in [-0.4, -0.2) is 42.3 Å². The highest BCUT2D eigenvalue weighted by molar-refractivity contribution is 6.00. The van der Waals surface area contributed by atoms with Crippen molar-refractivity contribution in [3.8, 4) is 0 Å². The van der Waals surface area contributed by atoms with Gasteiger partial charge in [0.15, 0.2) is 5.78 Å². The van der Waals surface area contributed by atoms with Gasteiger partial charge >= 0.3 is 0 Å². The molecule has 1 aliphatic rings. The molecule has 1 aromatic carbocycles. The number of carbonyl (C=O) groups is 2. The average molecular weight is 261 g/mol. The average Bonchev–Trinajstić information content (AvgIpc) is 2.39. The van der Waals surface area contributed by atoms with Crippen molar-refractivity contribution in [1.29, 1.82) is 0 Å². The molecular weight excluding hydrogens is 242 g/mol. The lowest BCUT2D eigenvalue weighted by Gasteiger charge is -2.32. The summed E-state index contributed by atoms with van der Waals surface area (Å²) in [5.74, 6) is -0.209. The van der Waals surface area contributed by atoms with E-state index in [0.29, 0.717) is 13.2 Å². The minimum Gasteiger partial charge on any atom is -0.368 e. The maximum Gasteiger partial charge on any atom is 0.170 e. The van der Waals surface area contributed by atoms with Crippen LogP contribution in [0.5, 0.6) is 0 Å². The van der Waals surface area contributed by atoms with Gasteiger partial charge in [0.2, 0.25) is 0 Å². The lowest BCUT2D eigenvalue weighted by atomic mass is 10.1. The molecule has 1 aliphatic heterocycles. The highest BCUT2D eigenvalue weighted by atomic mass is 16.5. The van der Waals surface area contributed by atoms with E-state index in [2.05, 4.69) is 17.0 Å². The van der Waals surface area contributed by atoms with Crippen LogP contribution in [0.1, 0.15) is 18.9 Å². The molecule has 0 spiro atoms. The number of rotatable bonds is 5. The van der Waals surface area contributed by atoms with E-state index in [1.165, 1.54) is 12.5 Å². The van der Waals surface area contributed by atoms with Crippen LogP contribution >= 0.6 is 0 Å². The van der Waals surface area contributed by atoms with Crippen molar-refractivity contribution in [3.05, 3.63) is 35.9 Å². The molecule has 0 saturated carbocycles. The predicted molar refractivity (Wildman–Crippen MR) is 71.8 cm³/mol. The summed E-state index contributed by atoms with van der Waals surface area (Å²) in [6.45, 7) is 4.18. The zero-order valence-electron chi connectivity index (χ0n) is 11.2. The van der Waals surface area contributed by atoms with Crippen LogP contribution < -0.4 is 0 Å². The Morgan fingerprint density at radius 3 is 2.74 bits per heavy atom. The third-order valence-corrected chi connectivity index (χ3v) is 3.18. The van der Waals surface area contributed by atoms with Gasteiger partial charge in [-0.05, 0) is 12.5 Å². The minimum atomic E-state index is -0.457. The predicted octanol–water partition coefficient (Wildman–Crippen LogP) is 1.44. The molecule has 0 aromatic heterocycles. The van der Waals surface area contributed by atoms with Crippen LogP contribution in [0.3, 0.4) is 0 Å². The van der Waals surface area contributed by atoms with Crippen LogP contribution in [0.4, 0.5) is 0 Å². The highest BCUT2D eigenvalue weighted by Crippen LogP contribution is 2.12. The standard InChI is InChI=1S/C15H19NO3/c1-12(17)9-14(18)15-11-16(7-8-19-15)10-13-5-3-2-4-6-13/h2-6,15H,7-11H2,1H3. The Labute approximate surface area is 113 Å². The van der Waals surface area contributed by atoms with Gasteiger partial charge in [-0.15, -0.1) is 0 Å². The van der Waals surface area contributed by atoms with Gasteiger partial charge in [0.1, 0.15) is 11.9 Å². The molecule has 102 valence electrons. The van der Waals surface area contributed by atoms with Gasteiger partial charge in [-0.2, -0.15) is 0 Å². The van der Waals surface area contributed by atoms with Gasteiger partial charge in [0, 0.05) is 19.6 Å². The van der Waals surface area contributed by atoms with Crippen molar-refractivity contribution in [1.82, 2.24) is 4.90 Å². The Morgan fingerprint density at radius 1 is 1.32 bits per heavy atom. The molecule has 1 aromatic rings. The van der Waals surface area contributed by atoms with Gasteiger partial charge in [-0.1, -0.05) is 30.3 Å². The van der Waals surface area contributed by atoms with Crippen LogP contribution in [0.2, 0.25) is 0 Å². The molecule has 1 fully saturated rings. The summed E-state index contributed by atoms with van der Waals surface area (Å²) >= 11 is 0. The topological polar surface area (TPSA) is 46.6 Å². The summed E-state index contributed by atoms with van der Waals surface area (Å²) in [6.07, 6.45) is -0.481. The molecule has 2 rings (SSSR count). The second-order valence-corrected chi connectivity index (χ2v) is 4.93. The number of nitrogens with zero attached hydrogens (tertiary/aromatic N) is 1. The molecule has 4 heteroatoms. The second-order valence-electron chi connectivity index (χ2n) is 4.93. The lowest BCUT2D eigenvalue weighted by molar-refractivity contribution is -0.139. The Kier molecular flexibility index (Phi) is 4.82. The third kappa shape index (κ3) is 4.26. The molecule has 0 bridgehead atoms. The molecule has 0 amide bonds. The smallest absolute Gasteiger partial charge is 0.170 e. The quantitative estimate of drug-likeness (QED) is 0.752. The largest absolute Gasteiger partial charge is 0.368 e. The molecule has 1 heterocycles. The number of carbonyl (C=O) groups excluding carboxylic acids is 2. The second kappa shape index (κ2) is 6.59. The zero-order chi connectivity index (χ0) is 13.7. The SMILES string of the molecule is CC(=O)CC(=O)C1CN(Cc2ccccc2)CCO1. The fourth-order valence-corrected chi connectivity index (χ4v) is 2.24. The fraction of sp³-hybridized carbons (Fsp3) is 0.467. The van der Waals surface area contributed by atoms with E-state index >= 15 is 0 Å². The van der Waals surface area contributed by atoms with E-state index in [4.69, 9.17) is 4.74 Å². The number of benzene rings is 1. The fourth-order valence-electron chi connectivity index (χ4n) is 2.24. The number of ketones is 2. The molecule has 1 atom stereocenters. The molecule has 4 nitrogen and oxygen atoms in total. The van der Waals surface area contributed by atoms with Crippen molar-refractivity contribution in [3.63, 3.8) is 0 Å². The Bertz CT molecular complexity index is 444. The summed E-state index contributed by atoms with van der Waals surface area (Å²) in [5.41, 5.74) is 1.22. The number of ether oxygens (including phenoxy) is 1. The van der Waals surface area contributed by atoms with Crippen molar-refractivity contribution >= 4 is 11.6 Å². The molecule has 0 aliphatic carbocycles. The summed E-state index contributed by atoms with van der Waals surface area (Å²) in [4.78, 5) is 25.0. The lowest BCUT2D eigenvalue weighted by Crippen LogP contribution is -2.45. The molecule has 0 radical (unpaired) electrons. The van der Waals surface area contributed by atoms with Crippen LogP contribution in [0.25, 0.3) is 0 Å². The van der Waals surface area contributed by atoms with Gasteiger partial charge < -0.3 is 4.74 Å². The highest BCUT2D eigenvalue weighted by Gasteiger charge is 2.26. The molecule has 1 saturated heterocycles. The van der Waals surface area contributed by atoms with E-state index in [-0.39, 0.29) is 18.0 Å². The van der Waals surface area contributed by atoms with Crippen molar-refractivity contribution < 1.29 is 14.3 Å². The Balaban J connectivity index is 1.90. The molecule has 0 N–H and O–H groups in total. The zero-order valence-corrected chi connectivity index (χ0v) is 11.2. The van der Waals surface area contributed by atoms with Crippen LogP contribution in [0, 0.1) is 0 Å². The normalized spacial score (nSPS) is 20.2. The Morgan fingerprint density at radius 2 is 2.05 bits per heavy atom. The van der Waals surface area contributed by atoms with Crippen molar-refractivity contribution in [2.45, 2.75) is 26.0 Å². The Hall–Kier alpha value is -1.52. The van der Waals surface area contributed by atoms with Gasteiger partial charge in [-0.3, -0.25) is 14.5 Å². The van der Waals surface area contributed by atoms with Gasteiger partial charge in [0.25, 0.3) is 0 Å². The number of morpholine rings is 1. The van der Waals surface area contributed by atoms with Gasteiger partial charge in [-0.25, -0.2) is 0 Å². The monoisotopic (exact) mass is 261 g/mol. The van der Waals surface area contributed by atoms with Crippen LogP contribution in [0.15, 0.2) is 30.3 Å². The van der Waals surface area contributed by atoms with E-state index in [1.807, 2.05) is 18.2 Å². The summed E-state index contributed by atoms with van der Waals surface area (Å²) < 4.78 is 5.47. The number of hydrogen-bond acceptors (Lipinski definition) is 4. The minimum absolute atomic E-state index is 0.0240. The van der Waals surface area contributed by atoms with Gasteiger partial charge in [0.05, 0.1) is 13.0 Å². The number of Topliss-reactive ketones (excluding diaryl/α,β-unsaturated/α-hetero) is 2. The van der Waals surface area contributed by atoms with Crippen LogP contribution in [-0.2, 0) is 20.9 Å². The van der Waals surface area contributed by atoms with E-state index in [1.54, 1.807) is 0 Å². The van der Waals surface area contributed by atoms with E-state index in [9.17, 15) is 9.59 Å². The summed E-state index contributed by atoms with van der Waals surface area (Å²) in [5, 5.41) is 0. The molecule has 1 unspecified atom stereocenters. The molecular formula is C15H19NO3. The van der Waals surface area contributed by atoms with Crippen molar-refractivity contribution in [2.75, 3.05) is 19.7 Å². The first kappa shape index (κ1) is 13.9. The summed E-state index contributed by atoms with van der Waals surface area (Å²) in [7, 11) is 0.